The molecule has 1 heterocycles. The normalized spacial score (nSPS) is 14.2. The Bertz CT molecular complexity index is 1350. The molecule has 1 aliphatic heterocycles. The number of thioether (sulfide) groups is 1. The molecule has 3 aromatic rings. The van der Waals surface area contributed by atoms with E-state index in [2.05, 4.69) is 5.32 Å². The van der Waals surface area contributed by atoms with Crippen LogP contribution < -0.4 is 14.8 Å². The molecule has 190 valence electrons. The molecule has 4 rings (SSSR count). The van der Waals surface area contributed by atoms with Gasteiger partial charge >= 0.3 is 0 Å². The van der Waals surface area contributed by atoms with Crippen molar-refractivity contribution in [2.75, 3.05) is 18.5 Å². The van der Waals surface area contributed by atoms with Gasteiger partial charge in [-0.3, -0.25) is 19.3 Å². The molecule has 0 saturated carbocycles. The molecule has 0 atom stereocenters. The molecule has 0 spiro atoms. The van der Waals surface area contributed by atoms with Crippen LogP contribution in [-0.2, 0) is 16.1 Å². The first-order valence-electron chi connectivity index (χ1n) is 11.9. The van der Waals surface area contributed by atoms with Crippen molar-refractivity contribution in [3.05, 3.63) is 93.9 Å². The van der Waals surface area contributed by atoms with E-state index in [1.54, 1.807) is 24.3 Å². The van der Waals surface area contributed by atoms with Gasteiger partial charge in [-0.15, -0.1) is 0 Å². The molecular weight excluding hydrogens is 488 g/mol. The molecule has 7 nitrogen and oxygen atoms in total. The second kappa shape index (κ2) is 11.8. The molecule has 1 fully saturated rings. The van der Waals surface area contributed by atoms with Crippen LogP contribution in [-0.4, -0.2) is 35.2 Å². The number of hydrogen-bond acceptors (Lipinski definition) is 6. The number of benzene rings is 3. The lowest BCUT2D eigenvalue weighted by atomic mass is 10.1. The zero-order valence-electron chi connectivity index (χ0n) is 20.9. The van der Waals surface area contributed by atoms with Gasteiger partial charge in [0, 0.05) is 5.69 Å². The lowest BCUT2D eigenvalue weighted by Crippen LogP contribution is -2.27. The van der Waals surface area contributed by atoms with Gasteiger partial charge < -0.3 is 14.8 Å². The summed E-state index contributed by atoms with van der Waals surface area (Å²) >= 11 is 0.910. The van der Waals surface area contributed by atoms with E-state index in [1.165, 1.54) is 4.90 Å². The lowest BCUT2D eigenvalue weighted by Gasteiger charge is -2.14. The van der Waals surface area contributed by atoms with Crippen molar-refractivity contribution in [1.82, 2.24) is 4.90 Å². The smallest absolute Gasteiger partial charge is 0.293 e. The maximum atomic E-state index is 12.9. The fourth-order valence-electron chi connectivity index (χ4n) is 3.77. The maximum absolute atomic E-state index is 12.9. The number of carbonyl (C=O) groups excluding carboxylic acids is 3. The van der Waals surface area contributed by atoms with Gasteiger partial charge in [-0.1, -0.05) is 48.5 Å². The monoisotopic (exact) mass is 516 g/mol. The summed E-state index contributed by atoms with van der Waals surface area (Å²) in [6.45, 7) is 6.21. The van der Waals surface area contributed by atoms with Gasteiger partial charge in [-0.25, -0.2) is 0 Å². The Morgan fingerprint density at radius 2 is 1.76 bits per heavy atom. The summed E-state index contributed by atoms with van der Waals surface area (Å²) in [5, 5.41) is 2.57. The summed E-state index contributed by atoms with van der Waals surface area (Å²) in [5.41, 5.74) is 4.40. The van der Waals surface area contributed by atoms with Gasteiger partial charge in [0.1, 0.15) is 0 Å². The van der Waals surface area contributed by atoms with Crippen LogP contribution in [0.5, 0.6) is 11.5 Å². The van der Waals surface area contributed by atoms with Crippen LogP contribution in [0.15, 0.2) is 71.6 Å². The number of imide groups is 1. The molecule has 0 bridgehead atoms. The van der Waals surface area contributed by atoms with Crippen molar-refractivity contribution >= 4 is 40.6 Å². The third-order valence-corrected chi connectivity index (χ3v) is 6.77. The van der Waals surface area contributed by atoms with Crippen molar-refractivity contribution in [1.29, 1.82) is 0 Å². The number of aryl methyl sites for hydroxylation is 1. The molecule has 0 unspecified atom stereocenters. The Morgan fingerprint density at radius 1 is 0.973 bits per heavy atom. The Labute approximate surface area is 220 Å². The predicted octanol–water partition coefficient (Wildman–Crippen LogP) is 5.96. The molecule has 1 saturated heterocycles. The minimum absolute atomic E-state index is 0.189. The third-order valence-electron chi connectivity index (χ3n) is 5.86. The molecule has 0 aliphatic carbocycles. The largest absolute Gasteiger partial charge is 0.490 e. The first-order chi connectivity index (χ1) is 17.9. The maximum Gasteiger partial charge on any atom is 0.293 e. The van der Waals surface area contributed by atoms with Crippen LogP contribution in [0.4, 0.5) is 10.5 Å². The number of anilines is 1. The Morgan fingerprint density at radius 3 is 2.51 bits per heavy atom. The van der Waals surface area contributed by atoms with E-state index in [1.807, 2.05) is 69.3 Å². The number of hydrogen-bond donors (Lipinski definition) is 1. The first kappa shape index (κ1) is 26.0. The van der Waals surface area contributed by atoms with Gasteiger partial charge in [0.15, 0.2) is 18.1 Å². The summed E-state index contributed by atoms with van der Waals surface area (Å²) in [6.07, 6.45) is 1.66. The molecule has 3 amide bonds. The quantitative estimate of drug-likeness (QED) is 0.354. The number of carbonyl (C=O) groups is 3. The molecule has 37 heavy (non-hydrogen) atoms. The Kier molecular flexibility index (Phi) is 8.30. The highest BCUT2D eigenvalue weighted by Crippen LogP contribution is 2.35. The van der Waals surface area contributed by atoms with E-state index in [4.69, 9.17) is 9.47 Å². The summed E-state index contributed by atoms with van der Waals surface area (Å²) in [4.78, 5) is 39.4. The standard InChI is InChI=1S/C29H28N2O5S/c1-4-35-25-15-22(16-26-28(33)31(29(34)37-26)17-21-10-6-5-7-11-21)13-14-24(25)36-18-27(32)30-23-12-8-9-19(2)20(23)3/h5-16H,4,17-18H2,1-3H3,(H,30,32)/b26-16-. The van der Waals surface area contributed by atoms with Crippen LogP contribution in [0.3, 0.4) is 0 Å². The van der Waals surface area contributed by atoms with Crippen molar-refractivity contribution < 1.29 is 23.9 Å². The topological polar surface area (TPSA) is 84.9 Å². The summed E-state index contributed by atoms with van der Waals surface area (Å²) in [6, 6.07) is 20.3. The van der Waals surface area contributed by atoms with E-state index < -0.39 is 0 Å². The van der Waals surface area contributed by atoms with Gasteiger partial charge in [0.2, 0.25) is 0 Å². The van der Waals surface area contributed by atoms with Crippen molar-refractivity contribution in [3.63, 3.8) is 0 Å². The van der Waals surface area contributed by atoms with Gasteiger partial charge in [-0.05, 0) is 79.1 Å². The molecular formula is C29H28N2O5S. The molecule has 8 heteroatoms. The number of amides is 3. The zero-order valence-corrected chi connectivity index (χ0v) is 21.8. The molecule has 1 N–H and O–H groups in total. The Balaban J connectivity index is 1.45. The van der Waals surface area contributed by atoms with Crippen molar-refractivity contribution in [3.8, 4) is 11.5 Å². The van der Waals surface area contributed by atoms with E-state index in [9.17, 15) is 14.4 Å². The SMILES string of the molecule is CCOc1cc(/C=C2\SC(=O)N(Cc3ccccc3)C2=O)ccc1OCC(=O)Nc1cccc(C)c1C. The van der Waals surface area contributed by atoms with Crippen molar-refractivity contribution in [2.24, 2.45) is 0 Å². The van der Waals surface area contributed by atoms with Gasteiger partial charge in [0.05, 0.1) is 18.1 Å². The lowest BCUT2D eigenvalue weighted by molar-refractivity contribution is -0.123. The van der Waals surface area contributed by atoms with Gasteiger partial charge in [0.25, 0.3) is 17.1 Å². The van der Waals surface area contributed by atoms with Crippen LogP contribution in [0.25, 0.3) is 6.08 Å². The molecule has 1 aliphatic rings. The second-order valence-corrected chi connectivity index (χ2v) is 9.47. The third kappa shape index (κ3) is 6.40. The summed E-state index contributed by atoms with van der Waals surface area (Å²) < 4.78 is 11.5. The minimum atomic E-state index is -0.333. The van der Waals surface area contributed by atoms with Crippen LogP contribution in [0, 0.1) is 13.8 Å². The number of nitrogens with zero attached hydrogens (tertiary/aromatic N) is 1. The van der Waals surface area contributed by atoms with Crippen LogP contribution >= 0.6 is 11.8 Å². The Hall–Kier alpha value is -4.04. The fourth-order valence-corrected chi connectivity index (χ4v) is 4.61. The molecule has 3 aromatic carbocycles. The highest BCUT2D eigenvalue weighted by Gasteiger charge is 2.35. The van der Waals surface area contributed by atoms with E-state index in [0.29, 0.717) is 28.6 Å². The predicted molar refractivity (Wildman–Crippen MR) is 146 cm³/mol. The summed E-state index contributed by atoms with van der Waals surface area (Å²) in [7, 11) is 0. The number of nitrogens with one attached hydrogen (secondary N) is 1. The molecule has 0 radical (unpaired) electrons. The first-order valence-corrected chi connectivity index (χ1v) is 12.7. The highest BCUT2D eigenvalue weighted by molar-refractivity contribution is 8.18. The zero-order chi connectivity index (χ0) is 26.4. The van der Waals surface area contributed by atoms with E-state index in [0.717, 1.165) is 34.1 Å². The average molecular weight is 517 g/mol. The van der Waals surface area contributed by atoms with Crippen LogP contribution in [0.2, 0.25) is 0 Å². The summed E-state index contributed by atoms with van der Waals surface area (Å²) in [5.74, 6) is 0.235. The van der Waals surface area contributed by atoms with Gasteiger partial charge in [-0.2, -0.15) is 0 Å². The minimum Gasteiger partial charge on any atom is -0.490 e. The number of rotatable bonds is 9. The number of ether oxygens (including phenoxy) is 2. The van der Waals surface area contributed by atoms with E-state index in [-0.39, 0.29) is 30.2 Å². The highest BCUT2D eigenvalue weighted by atomic mass is 32.2. The van der Waals surface area contributed by atoms with Crippen molar-refractivity contribution in [2.45, 2.75) is 27.3 Å². The average Bonchev–Trinajstić information content (AvgIpc) is 3.14. The molecule has 0 aromatic heterocycles. The van der Waals surface area contributed by atoms with Crippen LogP contribution in [0.1, 0.15) is 29.2 Å². The fraction of sp³-hybridized carbons (Fsp3) is 0.207. The second-order valence-electron chi connectivity index (χ2n) is 8.48. The van der Waals surface area contributed by atoms with E-state index >= 15 is 0 Å².